The summed E-state index contributed by atoms with van der Waals surface area (Å²) in [5, 5.41) is 0. The van der Waals surface area contributed by atoms with E-state index in [2.05, 4.69) is 9.08 Å². The molecule has 0 aliphatic carbocycles. The highest BCUT2D eigenvalue weighted by Crippen LogP contribution is 2.37. The van der Waals surface area contributed by atoms with Gasteiger partial charge in [-0.3, -0.25) is 4.90 Å². The average molecular weight is 514 g/mol. The molecule has 0 N–H and O–H groups in total. The highest BCUT2D eigenvalue weighted by atomic mass is 32.3. The number of rotatable bonds is 5. The van der Waals surface area contributed by atoms with Gasteiger partial charge in [-0.15, -0.1) is 0 Å². The predicted molar refractivity (Wildman–Crippen MR) is 131 cm³/mol. The average Bonchev–Trinajstić information content (AvgIpc) is 2.89. The minimum atomic E-state index is -5.22. The zero-order chi connectivity index (χ0) is 26.4. The summed E-state index contributed by atoms with van der Waals surface area (Å²) in [7, 11) is -5.99. The van der Waals surface area contributed by atoms with Crippen LogP contribution in [0.2, 0.25) is 0 Å². The molecule has 2 aliphatic heterocycles. The van der Waals surface area contributed by atoms with Crippen LogP contribution in [-0.2, 0) is 31.1 Å². The quantitative estimate of drug-likeness (QED) is 0.438. The van der Waals surface area contributed by atoms with E-state index < -0.39 is 34.4 Å². The Bertz CT molecular complexity index is 1050. The maximum absolute atomic E-state index is 13.5. The van der Waals surface area contributed by atoms with Crippen molar-refractivity contribution in [1.29, 1.82) is 0 Å². The molecule has 3 rings (SSSR count). The first kappa shape index (κ1) is 27.7. The molecule has 0 atom stereocenters. The SMILES string of the molecule is Cc1c(OS(=O)(=O)F)cc(CN2CCN(C(=O)OC(C)(C)C)CC2)cc1B1OC(C)(C)C(C)(C)O1. The van der Waals surface area contributed by atoms with Gasteiger partial charge in [-0.05, 0) is 78.0 Å². The normalized spacial score (nSPS) is 20.7. The van der Waals surface area contributed by atoms with Crippen molar-refractivity contribution in [3.05, 3.63) is 23.3 Å². The zero-order valence-electron chi connectivity index (χ0n) is 21.8. The number of carbonyl (C=O) groups is 1. The number of piperazine rings is 1. The van der Waals surface area contributed by atoms with Crippen molar-refractivity contribution < 1.29 is 35.3 Å². The van der Waals surface area contributed by atoms with Crippen LogP contribution in [0.4, 0.5) is 8.68 Å². The Morgan fingerprint density at radius 1 is 1.09 bits per heavy atom. The van der Waals surface area contributed by atoms with Crippen LogP contribution in [0.5, 0.6) is 5.75 Å². The molecule has 0 unspecified atom stereocenters. The van der Waals surface area contributed by atoms with Crippen molar-refractivity contribution >= 4 is 29.2 Å². The summed E-state index contributed by atoms with van der Waals surface area (Å²) in [5.41, 5.74) is -0.0656. The Labute approximate surface area is 208 Å². The monoisotopic (exact) mass is 514 g/mol. The van der Waals surface area contributed by atoms with Gasteiger partial charge >= 0.3 is 23.7 Å². The zero-order valence-corrected chi connectivity index (χ0v) is 22.6. The fraction of sp³-hybridized carbons (Fsp3) is 0.696. The highest BCUT2D eigenvalue weighted by molar-refractivity contribution is 7.81. The van der Waals surface area contributed by atoms with E-state index in [1.54, 1.807) is 11.8 Å². The molecule has 9 nitrogen and oxygen atoms in total. The van der Waals surface area contributed by atoms with Gasteiger partial charge in [0.1, 0.15) is 11.4 Å². The third-order valence-electron chi connectivity index (χ3n) is 6.59. The molecular formula is C23H36BFN2O7S. The minimum Gasteiger partial charge on any atom is -0.444 e. The van der Waals surface area contributed by atoms with Crippen LogP contribution >= 0.6 is 0 Å². The molecule has 1 aromatic carbocycles. The van der Waals surface area contributed by atoms with Crippen LogP contribution in [0.3, 0.4) is 0 Å². The molecule has 0 spiro atoms. The summed E-state index contributed by atoms with van der Waals surface area (Å²) in [5.74, 6) is -0.109. The van der Waals surface area contributed by atoms with Crippen molar-refractivity contribution in [3.63, 3.8) is 0 Å². The molecule has 35 heavy (non-hydrogen) atoms. The Morgan fingerprint density at radius 3 is 2.11 bits per heavy atom. The molecule has 2 fully saturated rings. The third-order valence-corrected chi connectivity index (χ3v) is 6.97. The van der Waals surface area contributed by atoms with Crippen molar-refractivity contribution in [2.45, 2.75) is 78.7 Å². The maximum Gasteiger partial charge on any atom is 0.495 e. The van der Waals surface area contributed by atoms with E-state index in [0.717, 1.165) is 0 Å². The first-order valence-corrected chi connectivity index (χ1v) is 13.0. The van der Waals surface area contributed by atoms with E-state index in [-0.39, 0.29) is 11.8 Å². The van der Waals surface area contributed by atoms with Gasteiger partial charge in [-0.2, -0.15) is 8.42 Å². The molecule has 0 radical (unpaired) electrons. The van der Waals surface area contributed by atoms with Gasteiger partial charge in [0.15, 0.2) is 0 Å². The number of hydrogen-bond acceptors (Lipinski definition) is 8. The van der Waals surface area contributed by atoms with Gasteiger partial charge in [0.05, 0.1) is 11.2 Å². The van der Waals surface area contributed by atoms with E-state index in [9.17, 15) is 17.1 Å². The van der Waals surface area contributed by atoms with E-state index in [0.29, 0.717) is 49.3 Å². The Hall–Kier alpha value is -1.89. The molecular weight excluding hydrogens is 478 g/mol. The number of nitrogens with zero attached hydrogens (tertiary/aromatic N) is 2. The summed E-state index contributed by atoms with van der Waals surface area (Å²) < 4.78 is 58.4. The van der Waals surface area contributed by atoms with E-state index in [1.807, 2.05) is 54.5 Å². The second kappa shape index (κ2) is 9.53. The van der Waals surface area contributed by atoms with E-state index >= 15 is 0 Å². The van der Waals surface area contributed by atoms with Gasteiger partial charge < -0.3 is 23.1 Å². The van der Waals surface area contributed by atoms with Gasteiger partial charge in [0.2, 0.25) is 0 Å². The summed E-state index contributed by atoms with van der Waals surface area (Å²) >= 11 is 0. The van der Waals surface area contributed by atoms with Gasteiger partial charge in [0, 0.05) is 32.7 Å². The van der Waals surface area contributed by atoms with Crippen LogP contribution in [0.15, 0.2) is 12.1 Å². The number of ether oxygens (including phenoxy) is 1. The van der Waals surface area contributed by atoms with Crippen LogP contribution in [-0.4, -0.2) is 74.4 Å². The maximum atomic E-state index is 13.5. The lowest BCUT2D eigenvalue weighted by Crippen LogP contribution is -2.49. The molecule has 12 heteroatoms. The van der Waals surface area contributed by atoms with Crippen molar-refractivity contribution in [1.82, 2.24) is 9.80 Å². The lowest BCUT2D eigenvalue weighted by atomic mass is 9.75. The van der Waals surface area contributed by atoms with Gasteiger partial charge in [-0.1, -0.05) is 9.95 Å². The van der Waals surface area contributed by atoms with Crippen LogP contribution in [0, 0.1) is 6.92 Å². The van der Waals surface area contributed by atoms with Crippen LogP contribution in [0.25, 0.3) is 0 Å². The number of carbonyl (C=O) groups excluding carboxylic acids is 1. The first-order valence-electron chi connectivity index (χ1n) is 11.7. The van der Waals surface area contributed by atoms with Crippen LogP contribution in [0.1, 0.15) is 59.6 Å². The largest absolute Gasteiger partial charge is 0.495 e. The Kier molecular flexibility index (Phi) is 7.54. The van der Waals surface area contributed by atoms with Crippen LogP contribution < -0.4 is 9.65 Å². The lowest BCUT2D eigenvalue weighted by Gasteiger charge is -2.35. The van der Waals surface area contributed by atoms with Crippen molar-refractivity contribution in [2.24, 2.45) is 0 Å². The summed E-state index contributed by atoms with van der Waals surface area (Å²) in [6.07, 6.45) is -0.348. The molecule has 1 amide bonds. The topological polar surface area (TPSA) is 94.6 Å². The Balaban J connectivity index is 1.81. The minimum absolute atomic E-state index is 0.109. The molecule has 0 saturated carbocycles. The summed E-state index contributed by atoms with van der Waals surface area (Å²) in [4.78, 5) is 16.1. The van der Waals surface area contributed by atoms with Gasteiger partial charge in [0.25, 0.3) is 0 Å². The fourth-order valence-electron chi connectivity index (χ4n) is 3.94. The van der Waals surface area contributed by atoms with E-state index in [1.165, 1.54) is 6.07 Å². The van der Waals surface area contributed by atoms with Crippen molar-refractivity contribution in [3.8, 4) is 5.75 Å². The number of benzene rings is 1. The molecule has 196 valence electrons. The first-order chi connectivity index (χ1) is 15.9. The molecule has 2 heterocycles. The molecule has 1 aromatic rings. The molecule has 0 aromatic heterocycles. The Morgan fingerprint density at radius 2 is 1.63 bits per heavy atom. The van der Waals surface area contributed by atoms with Crippen molar-refractivity contribution in [2.75, 3.05) is 26.2 Å². The second-order valence-electron chi connectivity index (χ2n) is 11.1. The fourth-order valence-corrected chi connectivity index (χ4v) is 4.33. The predicted octanol–water partition coefficient (Wildman–Crippen LogP) is 2.94. The highest BCUT2D eigenvalue weighted by Gasteiger charge is 2.52. The molecule has 2 aliphatic rings. The summed E-state index contributed by atoms with van der Waals surface area (Å²) in [6.45, 7) is 17.4. The standard InChI is InChI=1S/C23H36BFN2O7S/c1-16-18(24-33-22(5,6)23(7,8)34-24)13-17(14-19(16)32-35(25,29)30)15-26-9-11-27(12-10-26)20(28)31-21(2,3)4/h13-14H,9-12,15H2,1-8H3. The smallest absolute Gasteiger partial charge is 0.444 e. The van der Waals surface area contributed by atoms with E-state index in [4.69, 9.17) is 14.0 Å². The number of halogens is 1. The molecule has 0 bridgehead atoms. The summed E-state index contributed by atoms with van der Waals surface area (Å²) in [6, 6.07) is 3.39. The number of hydrogen-bond donors (Lipinski definition) is 0. The number of amides is 1. The molecule has 2 saturated heterocycles. The lowest BCUT2D eigenvalue weighted by molar-refractivity contribution is 0.00578. The van der Waals surface area contributed by atoms with Gasteiger partial charge in [-0.25, -0.2) is 4.79 Å². The third kappa shape index (κ3) is 6.87. The second-order valence-corrected chi connectivity index (χ2v) is 12.1.